The third-order valence-electron chi connectivity index (χ3n) is 7.74. The number of hydrogen-bond donors (Lipinski definition) is 16. The highest BCUT2D eigenvalue weighted by Crippen LogP contribution is 2.48. The minimum atomic E-state index is -4.79. The van der Waals surface area contributed by atoms with Gasteiger partial charge >= 0.3 is 23.8 Å². The summed E-state index contributed by atoms with van der Waals surface area (Å²) in [7, 11) is 1.16. The van der Waals surface area contributed by atoms with Crippen molar-refractivity contribution < 1.29 is 95.0 Å². The molecular weight excluding hydrogens is 675 g/mol. The number of carbonyl (C=O) groups is 3. The molecule has 0 aromatic heterocycles. The number of rotatable bonds is 10. The highest BCUT2D eigenvalue weighted by molar-refractivity contribution is 6.03. The first-order valence-corrected chi connectivity index (χ1v) is 13.6. The molecule has 2 heterocycles. The molecule has 16 N–H and O–H groups in total. The van der Waals surface area contributed by atoms with Gasteiger partial charge in [-0.25, -0.2) is 4.39 Å². The van der Waals surface area contributed by atoms with Crippen molar-refractivity contribution in [3.8, 4) is 0 Å². The van der Waals surface area contributed by atoms with Gasteiger partial charge in [0.15, 0.2) is 0 Å². The van der Waals surface area contributed by atoms with Crippen LogP contribution < -0.4 is 10.6 Å². The Morgan fingerprint density at radius 1 is 0.959 bits per heavy atom. The molecule has 22 nitrogen and oxygen atoms in total. The van der Waals surface area contributed by atoms with Crippen LogP contribution in [0.3, 0.4) is 0 Å². The zero-order valence-corrected chi connectivity index (χ0v) is 24.7. The zero-order valence-electron chi connectivity index (χ0n) is 24.7. The number of anilines is 1. The second-order valence-corrected chi connectivity index (χ2v) is 11.0. The molecule has 1 unspecified atom stereocenters. The number of nitrogens with zero attached hydrogens (tertiary/aromatic N) is 2. The molecule has 1 saturated heterocycles. The van der Waals surface area contributed by atoms with E-state index in [1.807, 2.05) is 5.32 Å². The van der Waals surface area contributed by atoms with Gasteiger partial charge in [0.25, 0.3) is 23.6 Å². The van der Waals surface area contributed by atoms with Crippen LogP contribution in [-0.2, 0) is 32.1 Å². The van der Waals surface area contributed by atoms with E-state index in [4.69, 9.17) is 0 Å². The normalized spacial score (nSPS) is 21.6. The van der Waals surface area contributed by atoms with Gasteiger partial charge < -0.3 is 86.9 Å². The van der Waals surface area contributed by atoms with Crippen LogP contribution in [0, 0.1) is 5.82 Å². The molecule has 2 aromatic carbocycles. The molecule has 23 heteroatoms. The Morgan fingerprint density at radius 2 is 1.53 bits per heavy atom. The standard InChI is InChI=1S/C26H31FN4O18/c1-28-18(33)16(6-3-9-32)30-19(34)12-4-2-5-15(17(12)22(30,39)40)29-20(35,36)13-10-11(7-8-14(13)27)21(37,38)31-23(41,42)25(45,46)49-26(47,48)24(31,43)44/h2,4-5,7-10,16,29,35-48H,3,6H2,1H3,(H,28,33). The molecule has 2 amide bonds. The average molecular weight is 707 g/mol. The smallest absolute Gasteiger partial charge is 0.356 e. The van der Waals surface area contributed by atoms with Gasteiger partial charge in [-0.3, -0.25) is 19.2 Å². The van der Waals surface area contributed by atoms with Crippen LogP contribution in [-0.4, -0.2) is 136 Å². The topological polar surface area (TPSA) is 374 Å². The van der Waals surface area contributed by atoms with E-state index in [2.05, 4.69) is 10.1 Å². The lowest BCUT2D eigenvalue weighted by Gasteiger charge is -2.57. The SMILES string of the molecule is CNC(=O)C(CCC=O)N1C(=O)c2cccc(NC(O)(O)c3cc(C(O)(O)N4C(O)(O)C(O)(O)OC(O)(O)C4(O)O)ccc3F)c2C1(O)O. The van der Waals surface area contributed by atoms with Gasteiger partial charge in [0.05, 0.1) is 16.7 Å². The Balaban J connectivity index is 1.80. The van der Waals surface area contributed by atoms with Crippen molar-refractivity contribution in [1.29, 1.82) is 0 Å². The Kier molecular flexibility index (Phi) is 9.20. The first kappa shape index (κ1) is 38.0. The van der Waals surface area contributed by atoms with E-state index in [9.17, 15) is 85.9 Å². The predicted octanol–water partition coefficient (Wildman–Crippen LogP) is -7.34. The summed E-state index contributed by atoms with van der Waals surface area (Å²) in [6.07, 6.45) is -0.315. The minimum Gasteiger partial charge on any atom is -0.357 e. The number of benzene rings is 2. The second kappa shape index (κ2) is 11.9. The molecule has 0 saturated carbocycles. The number of likely N-dealkylation sites (N-methyl/N-ethyl adjacent to an activating group) is 1. The van der Waals surface area contributed by atoms with E-state index in [-0.39, 0.29) is 23.5 Å². The van der Waals surface area contributed by atoms with Crippen molar-refractivity contribution in [1.82, 2.24) is 15.1 Å². The highest BCUT2D eigenvalue weighted by atomic mass is 19.1. The Morgan fingerprint density at radius 3 is 2.06 bits per heavy atom. The third kappa shape index (κ3) is 5.81. The van der Waals surface area contributed by atoms with Gasteiger partial charge in [0, 0.05) is 24.7 Å². The number of aldehydes is 1. The van der Waals surface area contributed by atoms with Crippen LogP contribution in [0.15, 0.2) is 36.4 Å². The molecule has 0 bridgehead atoms. The number of fused-ring (bicyclic) bond motifs is 1. The van der Waals surface area contributed by atoms with Gasteiger partial charge in [0.2, 0.25) is 5.91 Å². The summed E-state index contributed by atoms with van der Waals surface area (Å²) in [6, 6.07) is 1.98. The Hall–Kier alpha value is -3.86. The fourth-order valence-corrected chi connectivity index (χ4v) is 5.38. The third-order valence-corrected chi connectivity index (χ3v) is 7.74. The molecule has 2 aromatic rings. The monoisotopic (exact) mass is 706 g/mol. The molecule has 0 spiro atoms. The summed E-state index contributed by atoms with van der Waals surface area (Å²) in [5, 5.41) is 150. The van der Waals surface area contributed by atoms with E-state index < -0.39 is 104 Å². The summed E-state index contributed by atoms with van der Waals surface area (Å²) < 4.78 is 18.7. The van der Waals surface area contributed by atoms with Gasteiger partial charge in [0.1, 0.15) is 18.1 Å². The number of halogens is 1. The van der Waals surface area contributed by atoms with E-state index in [0.29, 0.717) is 12.4 Å². The lowest BCUT2D eigenvalue weighted by molar-refractivity contribution is -0.681. The van der Waals surface area contributed by atoms with Crippen molar-refractivity contribution in [3.63, 3.8) is 0 Å². The minimum absolute atomic E-state index is 0.0730. The summed E-state index contributed by atoms with van der Waals surface area (Å²) in [5.41, 5.74) is -4.97. The number of morpholine rings is 1. The zero-order chi connectivity index (χ0) is 37.3. The van der Waals surface area contributed by atoms with Crippen LogP contribution in [0.1, 0.15) is 39.9 Å². The molecule has 49 heavy (non-hydrogen) atoms. The molecule has 2 aliphatic heterocycles. The van der Waals surface area contributed by atoms with Crippen LogP contribution in [0.4, 0.5) is 10.1 Å². The van der Waals surface area contributed by atoms with E-state index in [1.54, 1.807) is 0 Å². The number of carbonyl (C=O) groups excluding carboxylic acids is 3. The molecular formula is C26H31FN4O18. The fourth-order valence-electron chi connectivity index (χ4n) is 5.38. The van der Waals surface area contributed by atoms with Crippen LogP contribution in [0.2, 0.25) is 0 Å². The number of nitrogens with one attached hydrogen (secondary N) is 2. The maximum Gasteiger partial charge on any atom is 0.356 e. The highest BCUT2D eigenvalue weighted by Gasteiger charge is 2.78. The molecule has 0 aliphatic carbocycles. The van der Waals surface area contributed by atoms with Gasteiger partial charge in [-0.2, -0.15) is 0 Å². The van der Waals surface area contributed by atoms with E-state index in [1.165, 1.54) is 0 Å². The quantitative estimate of drug-likeness (QED) is 0.0805. The van der Waals surface area contributed by atoms with Crippen LogP contribution in [0.25, 0.3) is 0 Å². The average Bonchev–Trinajstić information content (AvgIpc) is 3.16. The molecule has 2 aliphatic rings. The second-order valence-electron chi connectivity index (χ2n) is 11.0. The summed E-state index contributed by atoms with van der Waals surface area (Å²) in [4.78, 5) is 35.7. The van der Waals surface area contributed by atoms with Gasteiger partial charge in [-0.15, -0.1) is 4.90 Å². The lowest BCUT2D eigenvalue weighted by Crippen LogP contribution is -2.87. The number of amides is 2. The van der Waals surface area contributed by atoms with Crippen molar-refractivity contribution in [2.75, 3.05) is 12.4 Å². The molecule has 1 atom stereocenters. The fraction of sp³-hybridized carbons (Fsp3) is 0.423. The summed E-state index contributed by atoms with van der Waals surface area (Å²) in [5.74, 6) is -34.3. The summed E-state index contributed by atoms with van der Waals surface area (Å²) in [6.45, 7) is 0. The van der Waals surface area contributed by atoms with Crippen LogP contribution >= 0.6 is 0 Å². The Labute approximate surface area is 271 Å². The van der Waals surface area contributed by atoms with Crippen LogP contribution in [0.5, 0.6) is 0 Å². The molecule has 270 valence electrons. The van der Waals surface area contributed by atoms with Gasteiger partial charge in [-0.05, 0) is 36.8 Å². The van der Waals surface area contributed by atoms with Crippen molar-refractivity contribution in [2.45, 2.75) is 60.4 Å². The lowest BCUT2D eigenvalue weighted by atomic mass is 10.00. The molecule has 1 fully saturated rings. The largest absolute Gasteiger partial charge is 0.357 e. The number of hydrogen-bond acceptors (Lipinski definition) is 20. The van der Waals surface area contributed by atoms with E-state index >= 15 is 4.39 Å². The first-order valence-electron chi connectivity index (χ1n) is 13.6. The maximum absolute atomic E-state index is 15.1. The predicted molar refractivity (Wildman–Crippen MR) is 146 cm³/mol. The Bertz CT molecular complexity index is 1640. The molecule has 0 radical (unpaired) electrons. The summed E-state index contributed by atoms with van der Waals surface area (Å²) >= 11 is 0. The van der Waals surface area contributed by atoms with Gasteiger partial charge in [-0.1, -0.05) is 6.07 Å². The van der Waals surface area contributed by atoms with Crippen molar-refractivity contribution >= 4 is 23.8 Å². The van der Waals surface area contributed by atoms with E-state index in [0.717, 1.165) is 25.2 Å². The molecule has 4 rings (SSSR count). The first-order chi connectivity index (χ1) is 22.2. The number of aliphatic hydroxyl groups is 14. The van der Waals surface area contributed by atoms with Crippen molar-refractivity contribution in [3.05, 3.63) is 64.5 Å². The number of ether oxygens (including phenoxy) is 1. The van der Waals surface area contributed by atoms with Crippen molar-refractivity contribution in [2.24, 2.45) is 0 Å². The maximum atomic E-state index is 15.1.